The summed E-state index contributed by atoms with van der Waals surface area (Å²) in [6, 6.07) is 21.2. The number of ether oxygens (including phenoxy) is 2. The predicted molar refractivity (Wildman–Crippen MR) is 157 cm³/mol. The highest BCUT2D eigenvalue weighted by Gasteiger charge is 2.48. The van der Waals surface area contributed by atoms with Crippen LogP contribution in [0.4, 0.5) is 8.78 Å². The largest absolute Gasteiger partial charge is 0.380 e. The van der Waals surface area contributed by atoms with Gasteiger partial charge in [-0.3, -0.25) is 4.79 Å². The molecule has 0 aliphatic carbocycles. The second-order valence-corrected chi connectivity index (χ2v) is 10.5. The molecule has 2 heterocycles. The van der Waals surface area contributed by atoms with E-state index in [1.807, 2.05) is 50.2 Å². The van der Waals surface area contributed by atoms with Crippen molar-refractivity contribution in [3.63, 3.8) is 0 Å². The molecule has 0 bridgehead atoms. The number of fused-ring (bicyclic) bond motifs is 1. The van der Waals surface area contributed by atoms with Gasteiger partial charge in [0.25, 0.3) is 5.91 Å². The first-order valence-electron chi connectivity index (χ1n) is 12.8. The number of halogens is 3. The molecule has 0 spiro atoms. The molecule has 2 unspecified atom stereocenters. The van der Waals surface area contributed by atoms with Gasteiger partial charge in [-0.15, -0.1) is 0 Å². The Morgan fingerprint density at radius 1 is 1.10 bits per heavy atom. The Morgan fingerprint density at radius 3 is 2.44 bits per heavy atom. The van der Waals surface area contributed by atoms with E-state index < -0.39 is 17.2 Å². The van der Waals surface area contributed by atoms with Crippen molar-refractivity contribution in [2.45, 2.75) is 32.4 Å². The van der Waals surface area contributed by atoms with Crippen LogP contribution in [-0.4, -0.2) is 37.2 Å². The van der Waals surface area contributed by atoms with E-state index in [1.54, 1.807) is 31.4 Å². The zero-order valence-corrected chi connectivity index (χ0v) is 24.7. The lowest BCUT2D eigenvalue weighted by atomic mass is 9.76. The first-order chi connectivity index (χ1) is 18.9. The molecule has 5 nitrogen and oxygen atoms in total. The number of amidine groups is 1. The summed E-state index contributed by atoms with van der Waals surface area (Å²) >= 11 is 4.57. The second-order valence-electron chi connectivity index (χ2n) is 8.68. The topological polar surface area (TPSA) is 59.9 Å². The molecular formula is C30H33BrF2N2O3S. The van der Waals surface area contributed by atoms with Crippen LogP contribution in [0.25, 0.3) is 0 Å². The van der Waals surface area contributed by atoms with Crippen LogP contribution in [0, 0.1) is 17.6 Å². The molecule has 2 aliphatic rings. The molecule has 208 valence electrons. The third-order valence-corrected chi connectivity index (χ3v) is 7.86. The van der Waals surface area contributed by atoms with Gasteiger partial charge in [-0.1, -0.05) is 74.1 Å². The van der Waals surface area contributed by atoms with Crippen molar-refractivity contribution in [1.82, 2.24) is 5.32 Å². The highest BCUT2D eigenvalue weighted by Crippen LogP contribution is 2.46. The van der Waals surface area contributed by atoms with Crippen LogP contribution in [-0.2, 0) is 21.6 Å². The Kier molecular flexibility index (Phi) is 12.1. The fraction of sp³-hybridized carbons (Fsp3) is 0.333. The molecule has 5 rings (SSSR count). The number of carbonyl (C=O) groups excluding carboxylic acids is 1. The van der Waals surface area contributed by atoms with Crippen LogP contribution >= 0.6 is 27.7 Å². The number of benzene rings is 3. The molecule has 3 aromatic rings. The highest BCUT2D eigenvalue weighted by atomic mass is 79.9. The molecule has 2 aliphatic heterocycles. The van der Waals surface area contributed by atoms with Crippen LogP contribution in [0.1, 0.15) is 41.8 Å². The number of carbonyl (C=O) groups is 1. The second kappa shape index (κ2) is 15.3. The van der Waals surface area contributed by atoms with Crippen LogP contribution in [0.2, 0.25) is 0 Å². The first-order valence-corrected chi connectivity index (χ1v) is 14.6. The molecule has 3 aromatic carbocycles. The van der Waals surface area contributed by atoms with Gasteiger partial charge in [0.15, 0.2) is 5.17 Å². The Hall–Kier alpha value is -2.59. The number of rotatable bonds is 4. The van der Waals surface area contributed by atoms with Crippen LogP contribution in [0.3, 0.4) is 0 Å². The van der Waals surface area contributed by atoms with Gasteiger partial charge in [0.1, 0.15) is 17.2 Å². The van der Waals surface area contributed by atoms with E-state index in [2.05, 4.69) is 21.2 Å². The van der Waals surface area contributed by atoms with Gasteiger partial charge in [0, 0.05) is 42.6 Å². The van der Waals surface area contributed by atoms with Gasteiger partial charge in [-0.25, -0.2) is 13.8 Å². The maximum atomic E-state index is 14.8. The van der Waals surface area contributed by atoms with Crippen molar-refractivity contribution >= 4 is 38.8 Å². The van der Waals surface area contributed by atoms with Gasteiger partial charge in [-0.2, -0.15) is 0 Å². The summed E-state index contributed by atoms with van der Waals surface area (Å²) < 4.78 is 39.3. The standard InChI is InChI=1S/C20H17BrF2N2O2S.C8H10O.C2H6/c21-15-8-14(16(22)9-17(15)23)20-11-27-7-6-13(20)10-28-19(25-20)24-18(26)12-4-2-1-3-5-12;1-9-7-8-5-3-2-4-6-8;1-2/h1-5,8-9,13H,6-7,10-11H2,(H,24,25,26);2-6H,7H2,1H3;1-2H3. The summed E-state index contributed by atoms with van der Waals surface area (Å²) in [5.41, 5.74) is 1.01. The molecular weight excluding hydrogens is 586 g/mol. The van der Waals surface area contributed by atoms with Gasteiger partial charge in [-0.05, 0) is 46.1 Å². The molecule has 1 N–H and O–H groups in total. The van der Waals surface area contributed by atoms with Crippen molar-refractivity contribution in [3.05, 3.63) is 106 Å². The van der Waals surface area contributed by atoms with Gasteiger partial charge < -0.3 is 14.8 Å². The van der Waals surface area contributed by atoms with Gasteiger partial charge in [0.05, 0.1) is 17.7 Å². The third kappa shape index (κ3) is 7.97. The van der Waals surface area contributed by atoms with Crippen molar-refractivity contribution in [2.75, 3.05) is 26.1 Å². The first kappa shape index (κ1) is 30.9. The molecule has 1 fully saturated rings. The zero-order valence-electron chi connectivity index (χ0n) is 22.3. The fourth-order valence-electron chi connectivity index (χ4n) is 4.32. The lowest BCUT2D eigenvalue weighted by Gasteiger charge is -2.44. The van der Waals surface area contributed by atoms with Gasteiger partial charge in [0.2, 0.25) is 0 Å². The quantitative estimate of drug-likeness (QED) is 0.311. The Bertz CT molecular complexity index is 1250. The molecule has 2 atom stereocenters. The fourth-order valence-corrected chi connectivity index (χ4v) is 5.86. The average Bonchev–Trinajstić information content (AvgIpc) is 2.97. The lowest BCUT2D eigenvalue weighted by molar-refractivity contribution is 0.00282. The maximum Gasteiger partial charge on any atom is 0.257 e. The van der Waals surface area contributed by atoms with Crippen molar-refractivity contribution in [2.24, 2.45) is 10.9 Å². The van der Waals surface area contributed by atoms with Crippen LogP contribution in [0.15, 0.2) is 82.3 Å². The van der Waals surface area contributed by atoms with E-state index in [1.165, 1.54) is 23.4 Å². The summed E-state index contributed by atoms with van der Waals surface area (Å²) in [5.74, 6) is -0.933. The number of hydrogen-bond acceptors (Lipinski definition) is 5. The Labute approximate surface area is 241 Å². The minimum atomic E-state index is -0.997. The number of aliphatic imine (C=N–C) groups is 1. The number of nitrogens with one attached hydrogen (secondary N) is 1. The van der Waals surface area contributed by atoms with E-state index in [4.69, 9.17) is 14.5 Å². The number of thioether (sulfide) groups is 1. The Balaban J connectivity index is 0.000000322. The smallest absolute Gasteiger partial charge is 0.257 e. The SMILES string of the molecule is CC.COCc1ccccc1.O=C(NC1=NC2(c3cc(Br)c(F)cc3F)COCCC2CS1)c1ccccc1. The molecule has 0 saturated carbocycles. The summed E-state index contributed by atoms with van der Waals surface area (Å²) in [5, 5.41) is 3.23. The maximum absolute atomic E-state index is 14.8. The monoisotopic (exact) mass is 618 g/mol. The molecule has 1 amide bonds. The Morgan fingerprint density at radius 2 is 1.77 bits per heavy atom. The van der Waals surface area contributed by atoms with E-state index in [0.29, 0.717) is 36.1 Å². The number of nitrogens with zero attached hydrogens (tertiary/aromatic N) is 1. The lowest BCUT2D eigenvalue weighted by Crippen LogP contribution is -2.49. The minimum absolute atomic E-state index is 0.0236. The van der Waals surface area contributed by atoms with Gasteiger partial charge >= 0.3 is 0 Å². The zero-order chi connectivity index (χ0) is 28.3. The van der Waals surface area contributed by atoms with E-state index >= 15 is 0 Å². The van der Waals surface area contributed by atoms with Crippen LogP contribution in [0.5, 0.6) is 0 Å². The van der Waals surface area contributed by atoms with Crippen LogP contribution < -0.4 is 5.32 Å². The summed E-state index contributed by atoms with van der Waals surface area (Å²) in [6.07, 6.45) is 0.713. The summed E-state index contributed by atoms with van der Waals surface area (Å²) in [7, 11) is 1.70. The third-order valence-electron chi connectivity index (χ3n) is 6.22. The van der Waals surface area contributed by atoms with E-state index in [0.717, 1.165) is 6.07 Å². The van der Waals surface area contributed by atoms with Crippen molar-refractivity contribution < 1.29 is 23.0 Å². The summed E-state index contributed by atoms with van der Waals surface area (Å²) in [6.45, 7) is 5.46. The number of methoxy groups -OCH3 is 1. The summed E-state index contributed by atoms with van der Waals surface area (Å²) in [4.78, 5) is 17.3. The van der Waals surface area contributed by atoms with Crippen molar-refractivity contribution in [1.29, 1.82) is 0 Å². The minimum Gasteiger partial charge on any atom is -0.380 e. The molecule has 39 heavy (non-hydrogen) atoms. The molecule has 0 aromatic heterocycles. The predicted octanol–water partition coefficient (Wildman–Crippen LogP) is 7.35. The molecule has 1 saturated heterocycles. The number of amides is 1. The normalized spacial score (nSPS) is 19.7. The average molecular weight is 620 g/mol. The van der Waals surface area contributed by atoms with E-state index in [-0.39, 0.29) is 28.5 Å². The molecule has 9 heteroatoms. The molecule has 0 radical (unpaired) electrons. The number of hydrogen-bond donors (Lipinski definition) is 1. The van der Waals surface area contributed by atoms with E-state index in [9.17, 15) is 13.6 Å². The van der Waals surface area contributed by atoms with Crippen molar-refractivity contribution in [3.8, 4) is 0 Å². The highest BCUT2D eigenvalue weighted by molar-refractivity contribution is 9.10.